The molecule has 0 bridgehead atoms. The average molecular weight is 397 g/mol. The monoisotopic (exact) mass is 396 g/mol. The van der Waals surface area contributed by atoms with E-state index in [1.807, 2.05) is 6.20 Å². The summed E-state index contributed by atoms with van der Waals surface area (Å²) in [4.78, 5) is 14.4. The van der Waals surface area contributed by atoms with E-state index in [2.05, 4.69) is 25.0 Å². The van der Waals surface area contributed by atoms with Crippen LogP contribution in [0.25, 0.3) is 0 Å². The van der Waals surface area contributed by atoms with E-state index in [9.17, 15) is 0 Å². The van der Waals surface area contributed by atoms with Crippen LogP contribution in [-0.4, -0.2) is 64.5 Å². The predicted octanol–water partition coefficient (Wildman–Crippen LogP) is 2.68. The van der Waals surface area contributed by atoms with Gasteiger partial charge in [0.1, 0.15) is 12.1 Å². The number of H-pyrrole nitrogens is 1. The molecule has 0 amide bonds. The number of morpholine rings is 1. The summed E-state index contributed by atoms with van der Waals surface area (Å²) >= 11 is 0. The van der Waals surface area contributed by atoms with Gasteiger partial charge in [0.15, 0.2) is 0 Å². The van der Waals surface area contributed by atoms with Gasteiger partial charge in [-0.1, -0.05) is 6.42 Å². The van der Waals surface area contributed by atoms with Gasteiger partial charge in [0.05, 0.1) is 19.4 Å². The van der Waals surface area contributed by atoms with Crippen molar-refractivity contribution in [1.82, 2.24) is 25.1 Å². The van der Waals surface area contributed by atoms with Crippen LogP contribution in [0, 0.1) is 0 Å². The molecule has 1 unspecified atom stereocenters. The van der Waals surface area contributed by atoms with Crippen LogP contribution >= 0.6 is 0 Å². The van der Waals surface area contributed by atoms with Gasteiger partial charge in [-0.05, 0) is 38.5 Å². The van der Waals surface area contributed by atoms with Gasteiger partial charge in [-0.2, -0.15) is 5.10 Å². The maximum atomic E-state index is 5.50. The number of hydrogen-bond donors (Lipinski definition) is 1. The molecule has 0 spiro atoms. The Kier molecular flexibility index (Phi) is 5.76. The lowest BCUT2D eigenvalue weighted by atomic mass is 9.92. The molecule has 2 aromatic heterocycles. The van der Waals surface area contributed by atoms with Crippen LogP contribution in [0.15, 0.2) is 12.5 Å². The van der Waals surface area contributed by atoms with E-state index in [1.165, 1.54) is 60.4 Å². The molecule has 0 aromatic carbocycles. The highest BCUT2D eigenvalue weighted by Gasteiger charge is 2.28. The lowest BCUT2D eigenvalue weighted by Crippen LogP contribution is -2.37. The van der Waals surface area contributed by atoms with Crippen molar-refractivity contribution in [3.8, 4) is 0 Å². The summed E-state index contributed by atoms with van der Waals surface area (Å²) in [6.45, 7) is 6.76. The van der Waals surface area contributed by atoms with E-state index in [1.54, 1.807) is 6.33 Å². The van der Waals surface area contributed by atoms with Crippen LogP contribution in [0.4, 0.5) is 5.82 Å². The van der Waals surface area contributed by atoms with Gasteiger partial charge in [-0.15, -0.1) is 0 Å². The molecule has 2 aliphatic heterocycles. The SMILES string of the molecule is c1nc2c(c(N3CCCC(c4[nH]ncc4CN4CCOCC4)C3)n1)CCCCC2. The number of aromatic amines is 1. The topological polar surface area (TPSA) is 70.2 Å². The second kappa shape index (κ2) is 8.79. The van der Waals surface area contributed by atoms with E-state index >= 15 is 0 Å². The zero-order valence-corrected chi connectivity index (χ0v) is 17.3. The fraction of sp³-hybridized carbons (Fsp3) is 0.682. The molecule has 2 aromatic rings. The molecule has 1 atom stereocenters. The van der Waals surface area contributed by atoms with Crippen molar-refractivity contribution in [3.63, 3.8) is 0 Å². The average Bonchev–Trinajstić information content (AvgIpc) is 3.09. The van der Waals surface area contributed by atoms with Crippen LogP contribution in [0.3, 0.4) is 0 Å². The first-order valence-electron chi connectivity index (χ1n) is 11.3. The number of fused-ring (bicyclic) bond motifs is 1. The van der Waals surface area contributed by atoms with Gasteiger partial charge in [-0.25, -0.2) is 9.97 Å². The van der Waals surface area contributed by atoms with E-state index in [0.29, 0.717) is 5.92 Å². The smallest absolute Gasteiger partial charge is 0.135 e. The highest BCUT2D eigenvalue weighted by atomic mass is 16.5. The lowest BCUT2D eigenvalue weighted by Gasteiger charge is -2.35. The summed E-state index contributed by atoms with van der Waals surface area (Å²) in [5.74, 6) is 1.68. The minimum absolute atomic E-state index is 0.485. The number of nitrogens with one attached hydrogen (secondary N) is 1. The Morgan fingerprint density at radius 3 is 2.86 bits per heavy atom. The number of piperidine rings is 1. The second-order valence-corrected chi connectivity index (χ2v) is 8.67. The van der Waals surface area contributed by atoms with Gasteiger partial charge in [0.2, 0.25) is 0 Å². The Morgan fingerprint density at radius 2 is 1.93 bits per heavy atom. The standard InChI is InChI=1S/C22H32N6O/c1-2-6-19-20(7-3-1)23-16-24-22(19)28-8-4-5-17(15-28)21-18(13-25-26-21)14-27-9-11-29-12-10-27/h13,16-17H,1-12,14-15H2,(H,25,26). The summed E-state index contributed by atoms with van der Waals surface area (Å²) in [6, 6.07) is 0. The molecule has 2 fully saturated rings. The number of aromatic nitrogens is 4. The van der Waals surface area contributed by atoms with E-state index in [-0.39, 0.29) is 0 Å². The van der Waals surface area contributed by atoms with Crippen LogP contribution in [-0.2, 0) is 24.1 Å². The number of ether oxygens (including phenoxy) is 1. The number of anilines is 1. The number of rotatable bonds is 4. The molecule has 0 saturated carbocycles. The van der Waals surface area contributed by atoms with E-state index in [4.69, 9.17) is 9.72 Å². The van der Waals surface area contributed by atoms with Crippen molar-refractivity contribution in [2.24, 2.45) is 0 Å². The summed E-state index contributed by atoms with van der Waals surface area (Å²) in [5, 5.41) is 7.76. The zero-order valence-electron chi connectivity index (χ0n) is 17.3. The fourth-order valence-corrected chi connectivity index (χ4v) is 5.16. The highest BCUT2D eigenvalue weighted by molar-refractivity contribution is 5.50. The van der Waals surface area contributed by atoms with E-state index in [0.717, 1.165) is 58.8 Å². The molecular weight excluding hydrogens is 364 g/mol. The molecule has 3 aliphatic rings. The highest BCUT2D eigenvalue weighted by Crippen LogP contribution is 2.33. The normalized spacial score (nSPS) is 23.6. The molecule has 2 saturated heterocycles. The molecule has 0 radical (unpaired) electrons. The first-order chi connectivity index (χ1) is 14.4. The Labute approximate surface area is 172 Å². The molecule has 7 heteroatoms. The van der Waals surface area contributed by atoms with Crippen molar-refractivity contribution < 1.29 is 4.74 Å². The third kappa shape index (κ3) is 4.16. The van der Waals surface area contributed by atoms with Gasteiger partial charge < -0.3 is 9.64 Å². The third-order valence-electron chi connectivity index (χ3n) is 6.73. The van der Waals surface area contributed by atoms with Gasteiger partial charge in [0.25, 0.3) is 0 Å². The van der Waals surface area contributed by atoms with Gasteiger partial charge in [0, 0.05) is 61.2 Å². The summed E-state index contributed by atoms with van der Waals surface area (Å²) < 4.78 is 5.50. The number of aryl methyl sites for hydroxylation is 1. The fourth-order valence-electron chi connectivity index (χ4n) is 5.16. The predicted molar refractivity (Wildman–Crippen MR) is 112 cm³/mol. The number of nitrogens with zero attached hydrogens (tertiary/aromatic N) is 5. The largest absolute Gasteiger partial charge is 0.379 e. The zero-order chi connectivity index (χ0) is 19.5. The Morgan fingerprint density at radius 1 is 1.03 bits per heavy atom. The molecule has 29 heavy (non-hydrogen) atoms. The molecular formula is C22H32N6O. The first-order valence-corrected chi connectivity index (χ1v) is 11.3. The summed E-state index contributed by atoms with van der Waals surface area (Å²) in [5.41, 5.74) is 5.36. The van der Waals surface area contributed by atoms with Crippen molar-refractivity contribution in [2.45, 2.75) is 57.4 Å². The van der Waals surface area contributed by atoms with Gasteiger partial charge >= 0.3 is 0 Å². The van der Waals surface area contributed by atoms with Gasteiger partial charge in [-0.3, -0.25) is 10.00 Å². The minimum atomic E-state index is 0.485. The molecule has 1 aliphatic carbocycles. The van der Waals surface area contributed by atoms with E-state index < -0.39 is 0 Å². The van der Waals surface area contributed by atoms with Crippen LogP contribution in [0.1, 0.15) is 60.5 Å². The quantitative estimate of drug-likeness (QED) is 0.802. The van der Waals surface area contributed by atoms with Crippen molar-refractivity contribution in [2.75, 3.05) is 44.3 Å². The maximum Gasteiger partial charge on any atom is 0.135 e. The molecule has 4 heterocycles. The Balaban J connectivity index is 1.34. The molecule has 156 valence electrons. The lowest BCUT2D eigenvalue weighted by molar-refractivity contribution is 0.0340. The molecule has 5 rings (SSSR count). The maximum absolute atomic E-state index is 5.50. The van der Waals surface area contributed by atoms with Crippen LogP contribution < -0.4 is 4.90 Å². The third-order valence-corrected chi connectivity index (χ3v) is 6.73. The molecule has 7 nitrogen and oxygen atoms in total. The van der Waals surface area contributed by atoms with Crippen molar-refractivity contribution >= 4 is 5.82 Å². The van der Waals surface area contributed by atoms with Crippen molar-refractivity contribution in [3.05, 3.63) is 35.0 Å². The second-order valence-electron chi connectivity index (χ2n) is 8.67. The summed E-state index contributed by atoms with van der Waals surface area (Å²) in [6.07, 6.45) is 12.3. The minimum Gasteiger partial charge on any atom is -0.379 e. The Hall–Kier alpha value is -1.99. The summed E-state index contributed by atoms with van der Waals surface area (Å²) in [7, 11) is 0. The van der Waals surface area contributed by atoms with Crippen LogP contribution in [0.5, 0.6) is 0 Å². The molecule has 1 N–H and O–H groups in total. The van der Waals surface area contributed by atoms with Crippen LogP contribution in [0.2, 0.25) is 0 Å². The Bertz CT molecular complexity index is 815. The number of hydrogen-bond acceptors (Lipinski definition) is 6. The van der Waals surface area contributed by atoms with Crippen molar-refractivity contribution in [1.29, 1.82) is 0 Å². The first kappa shape index (κ1) is 19.0.